The molecule has 12 heteroatoms. The van der Waals surface area contributed by atoms with Crippen LogP contribution >= 0.6 is 7.82 Å². The van der Waals surface area contributed by atoms with Crippen molar-refractivity contribution in [1.29, 1.82) is 0 Å². The molecule has 3 atom stereocenters. The van der Waals surface area contributed by atoms with Crippen LogP contribution in [-0.2, 0) is 37.5 Å². The Morgan fingerprint density at radius 1 is 0.509 bits per heavy atom. The van der Waals surface area contributed by atoms with Crippen LogP contribution < -0.4 is 5.73 Å². The van der Waals surface area contributed by atoms with E-state index in [9.17, 15) is 23.8 Å². The highest BCUT2D eigenvalue weighted by atomic mass is 31.2. The number of hydrogen-bond acceptors (Lipinski definition) is 9. The van der Waals surface area contributed by atoms with Crippen molar-refractivity contribution < 1.29 is 47.5 Å². The lowest BCUT2D eigenvalue weighted by molar-refractivity contribution is -0.161. The molecule has 0 bridgehead atoms. The topological polar surface area (TPSA) is 172 Å². The highest BCUT2D eigenvalue weighted by molar-refractivity contribution is 7.47. The van der Waals surface area contributed by atoms with Crippen molar-refractivity contribution in [2.24, 2.45) is 5.73 Å². The largest absolute Gasteiger partial charge is 0.480 e. The van der Waals surface area contributed by atoms with Crippen molar-refractivity contribution in [2.45, 2.75) is 225 Å². The lowest BCUT2D eigenvalue weighted by Gasteiger charge is -2.20. The number of phosphoric ester groups is 1. The lowest BCUT2D eigenvalue weighted by Crippen LogP contribution is -2.34. The van der Waals surface area contributed by atoms with Gasteiger partial charge in [-0.2, -0.15) is 0 Å². The van der Waals surface area contributed by atoms with Gasteiger partial charge in [0.2, 0.25) is 0 Å². The van der Waals surface area contributed by atoms with Crippen LogP contribution in [0.25, 0.3) is 0 Å². The SMILES string of the molecule is CCCCCCCCCCCCCCCCCC(=O)OC(COC(=O)CCCCCCCCCCCCCCCC)COP(=O)(O)OCC(N)C(=O)O. The molecule has 0 heterocycles. The Morgan fingerprint density at radius 3 is 1.19 bits per heavy atom. The molecule has 11 nitrogen and oxygen atoms in total. The number of nitrogens with two attached hydrogens (primary N) is 1. The van der Waals surface area contributed by atoms with Gasteiger partial charge < -0.3 is 25.2 Å². The summed E-state index contributed by atoms with van der Waals surface area (Å²) in [6, 6.07) is -1.52. The van der Waals surface area contributed by atoms with Gasteiger partial charge in [-0.3, -0.25) is 23.4 Å². The van der Waals surface area contributed by atoms with Gasteiger partial charge in [-0.05, 0) is 12.8 Å². The maximum absolute atomic E-state index is 12.6. The van der Waals surface area contributed by atoms with Gasteiger partial charge in [0.05, 0.1) is 13.2 Å². The molecule has 0 spiro atoms. The molecule has 0 fully saturated rings. The third-order valence-corrected chi connectivity index (χ3v) is 10.6. The Kier molecular flexibility index (Phi) is 36.3. The summed E-state index contributed by atoms with van der Waals surface area (Å²) >= 11 is 0. The highest BCUT2D eigenvalue weighted by Gasteiger charge is 2.28. The number of carbonyl (C=O) groups is 3. The number of carbonyl (C=O) groups excluding carboxylic acids is 2. The number of aliphatic carboxylic acids is 1. The zero-order chi connectivity index (χ0) is 39.3. The molecule has 0 aliphatic rings. The number of esters is 2. The molecule has 0 aromatic rings. The minimum atomic E-state index is -4.70. The Balaban J connectivity index is 4.33. The normalized spacial score (nSPS) is 13.7. The first-order chi connectivity index (χ1) is 25.6. The summed E-state index contributed by atoms with van der Waals surface area (Å²) in [4.78, 5) is 45.9. The first-order valence-electron chi connectivity index (χ1n) is 21.6. The van der Waals surface area contributed by atoms with Gasteiger partial charge in [0, 0.05) is 12.8 Å². The lowest BCUT2D eigenvalue weighted by atomic mass is 10.0. The zero-order valence-electron chi connectivity index (χ0n) is 33.9. The minimum absolute atomic E-state index is 0.169. The standard InChI is InChI=1S/C41H80NO10P/c1-3-5-7-9-11-13-15-17-19-21-23-25-27-29-31-33-40(44)52-37(35-50-53(47,48)51-36-38(42)41(45)46)34-49-39(43)32-30-28-26-24-22-20-18-16-14-12-10-8-6-4-2/h37-38H,3-36,42H2,1-2H3,(H,45,46)(H,47,48). The predicted molar refractivity (Wildman–Crippen MR) is 213 cm³/mol. The van der Waals surface area contributed by atoms with Gasteiger partial charge in [0.15, 0.2) is 6.10 Å². The van der Waals surface area contributed by atoms with Crippen LogP contribution in [0.5, 0.6) is 0 Å². The maximum atomic E-state index is 12.6. The zero-order valence-corrected chi connectivity index (χ0v) is 34.8. The number of hydrogen-bond donors (Lipinski definition) is 3. The number of ether oxygens (including phenoxy) is 2. The summed E-state index contributed by atoms with van der Waals surface area (Å²) in [5, 5.41) is 8.88. The summed E-state index contributed by atoms with van der Waals surface area (Å²) in [5.41, 5.74) is 5.33. The van der Waals surface area contributed by atoms with Crippen molar-refractivity contribution in [3.05, 3.63) is 0 Å². The monoisotopic (exact) mass is 778 g/mol. The first-order valence-corrected chi connectivity index (χ1v) is 23.1. The minimum Gasteiger partial charge on any atom is -0.480 e. The van der Waals surface area contributed by atoms with Gasteiger partial charge in [0.1, 0.15) is 12.6 Å². The summed E-state index contributed by atoms with van der Waals surface area (Å²) in [6.45, 7) is 2.83. The van der Waals surface area contributed by atoms with Gasteiger partial charge in [0.25, 0.3) is 0 Å². The van der Waals surface area contributed by atoms with E-state index in [4.69, 9.17) is 24.8 Å². The molecule has 0 rings (SSSR count). The van der Waals surface area contributed by atoms with Crippen LogP contribution in [0, 0.1) is 0 Å². The molecule has 0 radical (unpaired) electrons. The molecule has 53 heavy (non-hydrogen) atoms. The number of rotatable bonds is 41. The Hall–Kier alpha value is -1.52. The van der Waals surface area contributed by atoms with Crippen LogP contribution in [-0.4, -0.2) is 59.9 Å². The fraction of sp³-hybridized carbons (Fsp3) is 0.927. The number of unbranched alkanes of at least 4 members (excludes halogenated alkanes) is 27. The fourth-order valence-electron chi connectivity index (χ4n) is 6.18. The Bertz CT molecular complexity index is 921. The average molecular weight is 778 g/mol. The first kappa shape index (κ1) is 51.5. The van der Waals surface area contributed by atoms with Crippen molar-refractivity contribution in [2.75, 3.05) is 19.8 Å². The van der Waals surface area contributed by atoms with Crippen molar-refractivity contribution in [3.8, 4) is 0 Å². The molecule has 0 saturated carbocycles. The summed E-state index contributed by atoms with van der Waals surface area (Å²) in [5.74, 6) is -2.36. The maximum Gasteiger partial charge on any atom is 0.472 e. The molecule has 0 aromatic carbocycles. The Morgan fingerprint density at radius 2 is 0.830 bits per heavy atom. The van der Waals surface area contributed by atoms with E-state index in [-0.39, 0.29) is 19.4 Å². The quantitative estimate of drug-likeness (QED) is 0.0306. The van der Waals surface area contributed by atoms with E-state index in [0.717, 1.165) is 38.5 Å². The van der Waals surface area contributed by atoms with Crippen molar-refractivity contribution >= 4 is 25.7 Å². The van der Waals surface area contributed by atoms with Gasteiger partial charge in [-0.25, -0.2) is 4.57 Å². The number of carboxylic acids is 1. The van der Waals surface area contributed by atoms with Crippen LogP contribution in [0.15, 0.2) is 0 Å². The molecule has 0 aliphatic heterocycles. The molecule has 0 aliphatic carbocycles. The molecule has 4 N–H and O–H groups in total. The van der Waals surface area contributed by atoms with E-state index in [0.29, 0.717) is 12.8 Å². The highest BCUT2D eigenvalue weighted by Crippen LogP contribution is 2.43. The van der Waals surface area contributed by atoms with Crippen molar-refractivity contribution in [1.82, 2.24) is 0 Å². The average Bonchev–Trinajstić information content (AvgIpc) is 3.13. The van der Waals surface area contributed by atoms with Crippen LogP contribution in [0.2, 0.25) is 0 Å². The molecule has 0 aromatic heterocycles. The second-order valence-corrected chi connectivity index (χ2v) is 16.3. The van der Waals surface area contributed by atoms with Crippen LogP contribution in [0.3, 0.4) is 0 Å². The smallest absolute Gasteiger partial charge is 0.472 e. The number of carboxylic acid groups (broad SMARTS) is 1. The molecular formula is C41H80NO10P. The summed E-state index contributed by atoms with van der Waals surface area (Å²) in [6.07, 6.45) is 34.5. The van der Waals surface area contributed by atoms with E-state index < -0.39 is 51.1 Å². The second-order valence-electron chi connectivity index (χ2n) is 14.8. The summed E-state index contributed by atoms with van der Waals surface area (Å²) in [7, 11) is -4.70. The number of phosphoric acid groups is 1. The molecule has 0 saturated heterocycles. The van der Waals surface area contributed by atoms with Gasteiger partial charge in [-0.15, -0.1) is 0 Å². The fourth-order valence-corrected chi connectivity index (χ4v) is 6.96. The van der Waals surface area contributed by atoms with E-state index in [1.54, 1.807) is 0 Å². The van der Waals surface area contributed by atoms with E-state index in [1.165, 1.54) is 135 Å². The van der Waals surface area contributed by atoms with E-state index in [2.05, 4.69) is 18.4 Å². The molecule has 314 valence electrons. The van der Waals surface area contributed by atoms with Crippen molar-refractivity contribution in [3.63, 3.8) is 0 Å². The van der Waals surface area contributed by atoms with Gasteiger partial charge >= 0.3 is 25.7 Å². The second kappa shape index (κ2) is 37.4. The van der Waals surface area contributed by atoms with Crippen LogP contribution in [0.4, 0.5) is 0 Å². The predicted octanol–water partition coefficient (Wildman–Crippen LogP) is 11.1. The van der Waals surface area contributed by atoms with Crippen LogP contribution in [0.1, 0.15) is 213 Å². The molecule has 3 unspecified atom stereocenters. The third kappa shape index (κ3) is 37.2. The van der Waals surface area contributed by atoms with E-state index >= 15 is 0 Å². The third-order valence-electron chi connectivity index (χ3n) is 9.61. The summed E-state index contributed by atoms with van der Waals surface area (Å²) < 4.78 is 32.7. The molecular weight excluding hydrogens is 697 g/mol. The Labute approximate surface area is 323 Å². The van der Waals surface area contributed by atoms with E-state index in [1.807, 2.05) is 0 Å². The van der Waals surface area contributed by atoms with Gasteiger partial charge in [-0.1, -0.05) is 187 Å². The molecule has 0 amide bonds.